The number of nitrogens with two attached hydrogens (primary N) is 1. The van der Waals surface area contributed by atoms with Crippen molar-refractivity contribution < 1.29 is 4.74 Å². The minimum atomic E-state index is 0.171. The Balaban J connectivity index is 2.31. The zero-order chi connectivity index (χ0) is 9.97. The van der Waals surface area contributed by atoms with E-state index in [9.17, 15) is 0 Å². The molecule has 0 saturated heterocycles. The number of rotatable bonds is 2. The summed E-state index contributed by atoms with van der Waals surface area (Å²) < 4.78 is 5.46. The lowest BCUT2D eigenvalue weighted by Gasteiger charge is -2.22. The van der Waals surface area contributed by atoms with Gasteiger partial charge in [-0.15, -0.1) is 0 Å². The summed E-state index contributed by atoms with van der Waals surface area (Å²) in [4.78, 5) is 0. The highest BCUT2D eigenvalue weighted by molar-refractivity contribution is 7.98. The van der Waals surface area contributed by atoms with Crippen molar-refractivity contribution in [1.82, 2.24) is 0 Å². The van der Waals surface area contributed by atoms with E-state index < -0.39 is 0 Å². The highest BCUT2D eigenvalue weighted by atomic mass is 32.2. The monoisotopic (exact) mass is 209 g/mol. The molecule has 0 bridgehead atoms. The highest BCUT2D eigenvalue weighted by Crippen LogP contribution is 2.32. The molecule has 2 nitrogen and oxygen atoms in total. The van der Waals surface area contributed by atoms with Crippen LogP contribution in [-0.4, -0.2) is 12.4 Å². The van der Waals surface area contributed by atoms with Crippen molar-refractivity contribution >= 4 is 11.8 Å². The largest absolute Gasteiger partial charge is 0.494 e. The Morgan fingerprint density at radius 1 is 1.57 bits per heavy atom. The normalized spacial score (nSPS) is 20.3. The topological polar surface area (TPSA) is 35.2 Å². The van der Waals surface area contributed by atoms with E-state index in [0.29, 0.717) is 6.61 Å². The zero-order valence-electron chi connectivity index (χ0n) is 8.32. The van der Waals surface area contributed by atoms with Crippen molar-refractivity contribution in [2.75, 3.05) is 12.4 Å². The first-order valence-corrected chi connectivity index (χ1v) is 6.05. The Morgan fingerprint density at radius 3 is 3.21 bits per heavy atom. The maximum atomic E-state index is 6.04. The molecule has 1 heterocycles. The first-order valence-electron chi connectivity index (χ1n) is 4.90. The average molecular weight is 209 g/mol. The molecule has 1 aliphatic heterocycles. The summed E-state index contributed by atoms with van der Waals surface area (Å²) in [5, 5.41) is 0. The van der Waals surface area contributed by atoms with Crippen molar-refractivity contribution in [2.24, 2.45) is 5.73 Å². The van der Waals surface area contributed by atoms with Crippen LogP contribution in [0.15, 0.2) is 18.2 Å². The third-order valence-corrected chi connectivity index (χ3v) is 3.49. The Morgan fingerprint density at radius 2 is 2.43 bits per heavy atom. The van der Waals surface area contributed by atoms with Gasteiger partial charge in [0.2, 0.25) is 0 Å². The minimum absolute atomic E-state index is 0.171. The fraction of sp³-hybridized carbons (Fsp3) is 0.455. The second-order valence-corrected chi connectivity index (χ2v) is 4.45. The van der Waals surface area contributed by atoms with Crippen LogP contribution in [-0.2, 0) is 5.75 Å². The highest BCUT2D eigenvalue weighted by Gasteiger charge is 2.17. The lowest BCUT2D eigenvalue weighted by Crippen LogP contribution is -2.18. The summed E-state index contributed by atoms with van der Waals surface area (Å²) in [6.45, 7) is 2.71. The van der Waals surface area contributed by atoms with Gasteiger partial charge in [-0.05, 0) is 30.2 Å². The third kappa shape index (κ3) is 1.88. The summed E-state index contributed by atoms with van der Waals surface area (Å²) >= 11 is 1.90. The smallest absolute Gasteiger partial charge is 0.119 e. The molecule has 3 heteroatoms. The number of hydrogen-bond acceptors (Lipinski definition) is 3. The molecule has 2 rings (SSSR count). The predicted octanol–water partition coefficient (Wildman–Crippen LogP) is 2.33. The first kappa shape index (κ1) is 9.87. The van der Waals surface area contributed by atoms with Gasteiger partial charge in [-0.3, -0.25) is 0 Å². The van der Waals surface area contributed by atoms with Crippen LogP contribution in [0.5, 0.6) is 5.75 Å². The molecule has 2 N–H and O–H groups in total. The first-order chi connectivity index (χ1) is 6.81. The van der Waals surface area contributed by atoms with E-state index in [1.54, 1.807) is 0 Å². The summed E-state index contributed by atoms with van der Waals surface area (Å²) in [6, 6.07) is 6.42. The molecule has 1 aliphatic rings. The van der Waals surface area contributed by atoms with E-state index in [4.69, 9.17) is 10.5 Å². The second kappa shape index (κ2) is 4.24. The lowest BCUT2D eigenvalue weighted by molar-refractivity contribution is 0.339. The number of thioether (sulfide) groups is 1. The Bertz CT molecular complexity index is 327. The molecule has 0 aromatic heterocycles. The van der Waals surface area contributed by atoms with Crippen LogP contribution in [0, 0.1) is 0 Å². The van der Waals surface area contributed by atoms with Gasteiger partial charge in [-0.2, -0.15) is 11.8 Å². The minimum Gasteiger partial charge on any atom is -0.494 e. The molecule has 76 valence electrons. The molecule has 0 amide bonds. The van der Waals surface area contributed by atoms with Crippen molar-refractivity contribution in [3.63, 3.8) is 0 Å². The van der Waals surface area contributed by atoms with Crippen molar-refractivity contribution in [2.45, 2.75) is 18.7 Å². The summed E-state index contributed by atoms with van der Waals surface area (Å²) in [6.07, 6.45) is 0. The average Bonchev–Trinajstić information content (AvgIpc) is 2.20. The number of fused-ring (bicyclic) bond motifs is 1. The predicted molar refractivity (Wildman–Crippen MR) is 60.7 cm³/mol. The van der Waals surface area contributed by atoms with Gasteiger partial charge in [0.05, 0.1) is 6.61 Å². The van der Waals surface area contributed by atoms with Crippen molar-refractivity contribution in [1.29, 1.82) is 0 Å². The van der Waals surface area contributed by atoms with E-state index in [1.165, 1.54) is 11.1 Å². The van der Waals surface area contributed by atoms with E-state index >= 15 is 0 Å². The van der Waals surface area contributed by atoms with Crippen LogP contribution in [0.25, 0.3) is 0 Å². The van der Waals surface area contributed by atoms with Crippen molar-refractivity contribution in [3.05, 3.63) is 29.3 Å². The SMILES string of the molecule is CCOc1ccc2c(c1)[C@@H](N)CSC2. The van der Waals surface area contributed by atoms with Gasteiger partial charge in [-0.1, -0.05) is 6.07 Å². The third-order valence-electron chi connectivity index (χ3n) is 2.38. The molecule has 0 aliphatic carbocycles. The molecule has 0 radical (unpaired) electrons. The molecular weight excluding hydrogens is 194 g/mol. The van der Waals surface area contributed by atoms with E-state index in [1.807, 2.05) is 24.8 Å². The summed E-state index contributed by atoms with van der Waals surface area (Å²) in [5.41, 5.74) is 8.65. The summed E-state index contributed by atoms with van der Waals surface area (Å²) in [7, 11) is 0. The Kier molecular flexibility index (Phi) is 2.99. The fourth-order valence-corrected chi connectivity index (χ4v) is 2.73. The fourth-order valence-electron chi connectivity index (χ4n) is 1.69. The molecule has 0 saturated carbocycles. The standard InChI is InChI=1S/C11H15NOS/c1-2-13-9-4-3-8-6-14-7-11(12)10(8)5-9/h3-5,11H,2,6-7,12H2,1H3/t11-/m0/s1. The zero-order valence-corrected chi connectivity index (χ0v) is 9.14. The van der Waals surface area contributed by atoms with Crippen LogP contribution in [0.1, 0.15) is 24.1 Å². The Labute approximate surface area is 88.8 Å². The summed E-state index contributed by atoms with van der Waals surface area (Å²) in [5.74, 6) is 3.03. The molecular formula is C11H15NOS. The van der Waals surface area contributed by atoms with Gasteiger partial charge >= 0.3 is 0 Å². The van der Waals surface area contributed by atoms with Gasteiger partial charge in [0, 0.05) is 17.5 Å². The van der Waals surface area contributed by atoms with Gasteiger partial charge in [0.15, 0.2) is 0 Å². The molecule has 0 fully saturated rings. The number of hydrogen-bond donors (Lipinski definition) is 1. The van der Waals surface area contributed by atoms with Crippen LogP contribution >= 0.6 is 11.8 Å². The van der Waals surface area contributed by atoms with Crippen LogP contribution in [0.2, 0.25) is 0 Å². The van der Waals surface area contributed by atoms with Crippen molar-refractivity contribution in [3.8, 4) is 5.75 Å². The molecule has 1 aromatic rings. The Hall–Kier alpha value is -0.670. The van der Waals surface area contributed by atoms with Gasteiger partial charge in [0.1, 0.15) is 5.75 Å². The van der Waals surface area contributed by atoms with Gasteiger partial charge in [0.25, 0.3) is 0 Å². The van der Waals surface area contributed by atoms with Crippen LogP contribution < -0.4 is 10.5 Å². The molecule has 1 atom stereocenters. The van der Waals surface area contributed by atoms with Gasteiger partial charge < -0.3 is 10.5 Å². The second-order valence-electron chi connectivity index (χ2n) is 3.42. The molecule has 0 unspecified atom stereocenters. The lowest BCUT2D eigenvalue weighted by atomic mass is 10.0. The molecule has 0 spiro atoms. The maximum Gasteiger partial charge on any atom is 0.119 e. The number of benzene rings is 1. The quantitative estimate of drug-likeness (QED) is 0.812. The van der Waals surface area contributed by atoms with Crippen LogP contribution in [0.4, 0.5) is 0 Å². The maximum absolute atomic E-state index is 6.04. The van der Waals surface area contributed by atoms with E-state index in [-0.39, 0.29) is 6.04 Å². The number of ether oxygens (including phenoxy) is 1. The van der Waals surface area contributed by atoms with E-state index in [2.05, 4.69) is 12.1 Å². The van der Waals surface area contributed by atoms with E-state index in [0.717, 1.165) is 17.3 Å². The van der Waals surface area contributed by atoms with Gasteiger partial charge in [-0.25, -0.2) is 0 Å². The molecule has 1 aromatic carbocycles. The van der Waals surface area contributed by atoms with Crippen LogP contribution in [0.3, 0.4) is 0 Å². The molecule has 14 heavy (non-hydrogen) atoms.